The van der Waals surface area contributed by atoms with E-state index in [1.54, 1.807) is 0 Å². The fraction of sp³-hybridized carbons (Fsp3) is 0.946. The van der Waals surface area contributed by atoms with Gasteiger partial charge in [0.15, 0.2) is 12.2 Å². The van der Waals surface area contributed by atoms with E-state index in [0.29, 0.717) is 25.7 Å². The fourth-order valence-corrected chi connectivity index (χ4v) is 12.9. The number of carbonyl (C=O) groups is 4. The van der Waals surface area contributed by atoms with Crippen molar-refractivity contribution in [2.24, 2.45) is 5.92 Å². The van der Waals surface area contributed by atoms with Crippen molar-refractivity contribution in [2.45, 2.75) is 406 Å². The number of aliphatic hydroxyl groups excluding tert-OH is 1. The smallest absolute Gasteiger partial charge is 0.462 e. The van der Waals surface area contributed by atoms with Crippen molar-refractivity contribution in [3.63, 3.8) is 0 Å². The van der Waals surface area contributed by atoms with Crippen LogP contribution in [-0.4, -0.2) is 96.7 Å². The molecule has 0 heterocycles. The van der Waals surface area contributed by atoms with Gasteiger partial charge in [-0.25, -0.2) is 9.13 Å². The molecule has 0 saturated heterocycles. The third kappa shape index (κ3) is 67.0. The molecule has 0 aliphatic carbocycles. The van der Waals surface area contributed by atoms with Gasteiger partial charge in [-0.1, -0.05) is 336 Å². The molecular weight excluding hydrogens is 1220 g/mol. The van der Waals surface area contributed by atoms with Gasteiger partial charge in [-0.2, -0.15) is 0 Å². The molecule has 0 aliphatic rings. The topological polar surface area (TPSA) is 237 Å². The molecule has 0 aliphatic heterocycles. The Morgan fingerprint density at radius 1 is 0.301 bits per heavy atom. The highest BCUT2D eigenvalue weighted by Crippen LogP contribution is 2.45. The Labute approximate surface area is 568 Å². The average Bonchev–Trinajstić information content (AvgIpc) is 2.06. The molecule has 0 bridgehead atoms. The summed E-state index contributed by atoms with van der Waals surface area (Å²) in [6.07, 6.45) is 55.6. The highest BCUT2D eigenvalue weighted by molar-refractivity contribution is 7.47. The van der Waals surface area contributed by atoms with Crippen LogP contribution in [0.5, 0.6) is 0 Å². The number of aliphatic hydroxyl groups is 1. The van der Waals surface area contributed by atoms with Gasteiger partial charge >= 0.3 is 39.5 Å². The van der Waals surface area contributed by atoms with Gasteiger partial charge in [-0.3, -0.25) is 37.3 Å². The second kappa shape index (κ2) is 67.3. The fourth-order valence-electron chi connectivity index (χ4n) is 11.3. The van der Waals surface area contributed by atoms with Crippen LogP contribution in [0.1, 0.15) is 388 Å². The first-order valence-electron chi connectivity index (χ1n) is 38.7. The zero-order chi connectivity index (χ0) is 68.4. The van der Waals surface area contributed by atoms with Gasteiger partial charge in [-0.05, 0) is 31.6 Å². The molecule has 0 radical (unpaired) electrons. The summed E-state index contributed by atoms with van der Waals surface area (Å²) in [6, 6.07) is 0. The van der Waals surface area contributed by atoms with Crippen LogP contribution >= 0.6 is 15.6 Å². The van der Waals surface area contributed by atoms with Crippen LogP contribution in [0.2, 0.25) is 0 Å². The SMILES string of the molecule is CCCCCCCCCCCCCCCCC(=O)OC[C@H](COP(=O)(O)OC[C@@H](O)COP(=O)(O)OC[C@@H](COC(=O)CCCCCCCCC)OC(=O)CCCCCCCCCCCC)OC(=O)CCCCCCCCCCCCCCCCCCCCC(C)CC. The minimum Gasteiger partial charge on any atom is -0.462 e. The lowest BCUT2D eigenvalue weighted by molar-refractivity contribution is -0.161. The Kier molecular flexibility index (Phi) is 65.9. The molecule has 19 heteroatoms. The summed E-state index contributed by atoms with van der Waals surface area (Å²) in [5.74, 6) is -1.25. The summed E-state index contributed by atoms with van der Waals surface area (Å²) in [5.41, 5.74) is 0. The average molecular weight is 1370 g/mol. The van der Waals surface area contributed by atoms with E-state index in [0.717, 1.165) is 109 Å². The molecule has 6 atom stereocenters. The molecule has 0 spiro atoms. The summed E-state index contributed by atoms with van der Waals surface area (Å²) in [5, 5.41) is 10.6. The normalized spacial score (nSPS) is 14.3. The Hall–Kier alpha value is -1.94. The molecule has 0 fully saturated rings. The molecule has 552 valence electrons. The Bertz CT molecular complexity index is 1790. The van der Waals surface area contributed by atoms with Crippen LogP contribution in [0.25, 0.3) is 0 Å². The number of ether oxygens (including phenoxy) is 4. The largest absolute Gasteiger partial charge is 0.472 e. The van der Waals surface area contributed by atoms with E-state index in [1.165, 1.54) is 199 Å². The Morgan fingerprint density at radius 3 is 0.763 bits per heavy atom. The summed E-state index contributed by atoms with van der Waals surface area (Å²) in [6.45, 7) is 7.29. The van der Waals surface area contributed by atoms with Crippen LogP contribution in [-0.2, 0) is 65.4 Å². The molecule has 3 unspecified atom stereocenters. The zero-order valence-electron chi connectivity index (χ0n) is 60.4. The summed E-state index contributed by atoms with van der Waals surface area (Å²) in [4.78, 5) is 72.5. The van der Waals surface area contributed by atoms with E-state index in [9.17, 15) is 43.2 Å². The van der Waals surface area contributed by atoms with E-state index >= 15 is 0 Å². The van der Waals surface area contributed by atoms with E-state index in [4.69, 9.17) is 37.0 Å². The molecule has 0 rings (SSSR count). The predicted octanol–water partition coefficient (Wildman–Crippen LogP) is 21.7. The van der Waals surface area contributed by atoms with Gasteiger partial charge in [0, 0.05) is 25.7 Å². The van der Waals surface area contributed by atoms with Gasteiger partial charge < -0.3 is 33.8 Å². The van der Waals surface area contributed by atoms with E-state index in [-0.39, 0.29) is 25.7 Å². The number of hydrogen-bond acceptors (Lipinski definition) is 15. The zero-order valence-corrected chi connectivity index (χ0v) is 62.2. The van der Waals surface area contributed by atoms with Gasteiger partial charge in [0.1, 0.15) is 19.3 Å². The maximum Gasteiger partial charge on any atom is 0.472 e. The maximum atomic E-state index is 13.1. The number of esters is 4. The molecular formula is C74H144O17P2. The first kappa shape index (κ1) is 91.1. The summed E-state index contributed by atoms with van der Waals surface area (Å²) in [7, 11) is -9.90. The first-order valence-corrected chi connectivity index (χ1v) is 41.7. The second-order valence-electron chi connectivity index (χ2n) is 26.9. The quantitative estimate of drug-likeness (QED) is 0.0222. The predicted molar refractivity (Wildman–Crippen MR) is 377 cm³/mol. The first-order chi connectivity index (χ1) is 45.1. The number of phosphoric acid groups is 2. The molecule has 0 aromatic carbocycles. The third-order valence-corrected chi connectivity index (χ3v) is 19.5. The van der Waals surface area contributed by atoms with Crippen molar-refractivity contribution >= 4 is 39.5 Å². The van der Waals surface area contributed by atoms with E-state index in [1.807, 2.05) is 0 Å². The van der Waals surface area contributed by atoms with E-state index in [2.05, 4.69) is 34.6 Å². The van der Waals surface area contributed by atoms with Crippen molar-refractivity contribution in [1.29, 1.82) is 0 Å². The van der Waals surface area contributed by atoms with Crippen LogP contribution in [0.3, 0.4) is 0 Å². The van der Waals surface area contributed by atoms with Gasteiger partial charge in [0.05, 0.1) is 26.4 Å². The molecule has 0 saturated carbocycles. The summed E-state index contributed by atoms with van der Waals surface area (Å²) >= 11 is 0. The van der Waals surface area contributed by atoms with Crippen molar-refractivity contribution in [3.8, 4) is 0 Å². The number of unbranched alkanes of at least 4 members (excludes halogenated alkanes) is 45. The Balaban J connectivity index is 5.14. The monoisotopic (exact) mass is 1370 g/mol. The number of carbonyl (C=O) groups excluding carboxylic acids is 4. The lowest BCUT2D eigenvalue weighted by Crippen LogP contribution is -2.30. The van der Waals surface area contributed by atoms with Gasteiger partial charge in [-0.15, -0.1) is 0 Å². The van der Waals surface area contributed by atoms with Crippen molar-refractivity contribution in [3.05, 3.63) is 0 Å². The second-order valence-corrected chi connectivity index (χ2v) is 29.8. The van der Waals surface area contributed by atoms with Crippen molar-refractivity contribution < 1.29 is 80.2 Å². The molecule has 0 amide bonds. The standard InChI is InChI=1S/C74H144O17P2/c1-6-10-13-16-19-21-23-24-32-35-39-43-48-53-58-72(77)85-64-70(91-74(79)60-55-50-45-40-36-33-30-28-26-25-27-29-31-34-37-42-46-51-56-67(5)9-4)66-89-93(82,83)87-62-68(75)61-86-92(80,81)88-65-69(63-84-71(76)57-52-47-41-18-15-12-8-3)90-73(78)59-54-49-44-38-22-20-17-14-11-7-2/h67-70,75H,6-66H2,1-5H3,(H,80,81)(H,82,83)/t67?,68-,69+,70+/m0/s1. The number of rotatable bonds is 74. The van der Waals surface area contributed by atoms with Gasteiger partial charge in [0.25, 0.3) is 0 Å². The molecule has 93 heavy (non-hydrogen) atoms. The minimum absolute atomic E-state index is 0.106. The van der Waals surface area contributed by atoms with Crippen LogP contribution < -0.4 is 0 Å². The highest BCUT2D eigenvalue weighted by Gasteiger charge is 2.30. The lowest BCUT2D eigenvalue weighted by Gasteiger charge is -2.21. The number of phosphoric ester groups is 2. The van der Waals surface area contributed by atoms with Crippen LogP contribution in [0.15, 0.2) is 0 Å². The highest BCUT2D eigenvalue weighted by atomic mass is 31.2. The molecule has 17 nitrogen and oxygen atoms in total. The summed E-state index contributed by atoms with van der Waals surface area (Å²) < 4.78 is 68.3. The molecule has 3 N–H and O–H groups in total. The van der Waals surface area contributed by atoms with Crippen LogP contribution in [0, 0.1) is 5.92 Å². The third-order valence-electron chi connectivity index (χ3n) is 17.6. The van der Waals surface area contributed by atoms with Gasteiger partial charge in [0.2, 0.25) is 0 Å². The Morgan fingerprint density at radius 2 is 0.516 bits per heavy atom. The lowest BCUT2D eigenvalue weighted by atomic mass is 9.99. The molecule has 0 aromatic rings. The van der Waals surface area contributed by atoms with Crippen LogP contribution in [0.4, 0.5) is 0 Å². The van der Waals surface area contributed by atoms with Crippen molar-refractivity contribution in [1.82, 2.24) is 0 Å². The minimum atomic E-state index is -4.95. The van der Waals surface area contributed by atoms with Crippen molar-refractivity contribution in [2.75, 3.05) is 39.6 Å². The molecule has 0 aromatic heterocycles. The van der Waals surface area contributed by atoms with E-state index < -0.39 is 97.5 Å². The number of hydrogen-bond donors (Lipinski definition) is 3. The maximum absolute atomic E-state index is 13.1.